The van der Waals surface area contributed by atoms with Gasteiger partial charge in [0.15, 0.2) is 5.69 Å². The average molecular weight is 459 g/mol. The molecule has 0 unspecified atom stereocenters. The fourth-order valence-corrected chi connectivity index (χ4v) is 4.56. The van der Waals surface area contributed by atoms with E-state index >= 15 is 0 Å². The van der Waals surface area contributed by atoms with Crippen molar-refractivity contribution in [2.24, 2.45) is 0 Å². The summed E-state index contributed by atoms with van der Waals surface area (Å²) in [6, 6.07) is 11.7. The number of aryl methyl sites for hydroxylation is 1. The largest absolute Gasteiger partial charge is 0.476 e. The SMILES string of the molecule is CCCc1cc(C(=O)O)nn1Cc1ccc(-c2ccccc2S(=O)(=O)NC(C)=O)cc1F. The Morgan fingerprint density at radius 2 is 1.88 bits per heavy atom. The molecule has 0 spiro atoms. The van der Waals surface area contributed by atoms with Crippen molar-refractivity contribution >= 4 is 21.9 Å². The summed E-state index contributed by atoms with van der Waals surface area (Å²) in [6.45, 7) is 3.06. The van der Waals surface area contributed by atoms with Gasteiger partial charge in [-0.3, -0.25) is 9.48 Å². The van der Waals surface area contributed by atoms with Gasteiger partial charge >= 0.3 is 5.97 Å². The lowest BCUT2D eigenvalue weighted by Crippen LogP contribution is -2.28. The number of rotatable bonds is 8. The highest BCUT2D eigenvalue weighted by molar-refractivity contribution is 7.90. The summed E-state index contributed by atoms with van der Waals surface area (Å²) in [4.78, 5) is 22.4. The van der Waals surface area contributed by atoms with Crippen molar-refractivity contribution in [2.45, 2.75) is 38.1 Å². The van der Waals surface area contributed by atoms with Gasteiger partial charge in [0.25, 0.3) is 10.0 Å². The number of carboxylic acid groups (broad SMARTS) is 1. The molecule has 2 N–H and O–H groups in total. The number of amides is 1. The summed E-state index contributed by atoms with van der Waals surface area (Å²) in [5, 5.41) is 13.2. The molecule has 0 fully saturated rings. The highest BCUT2D eigenvalue weighted by Crippen LogP contribution is 2.29. The van der Waals surface area contributed by atoms with Crippen LogP contribution in [0.25, 0.3) is 11.1 Å². The molecule has 0 aliphatic heterocycles. The third-order valence-corrected chi connectivity index (χ3v) is 6.22. The minimum Gasteiger partial charge on any atom is -0.476 e. The number of aromatic carboxylic acids is 1. The molecule has 0 aliphatic rings. The van der Waals surface area contributed by atoms with Crippen LogP contribution in [-0.2, 0) is 27.8 Å². The molecule has 3 rings (SSSR count). The second kappa shape index (κ2) is 9.31. The third-order valence-electron chi connectivity index (χ3n) is 4.73. The Morgan fingerprint density at radius 3 is 2.50 bits per heavy atom. The van der Waals surface area contributed by atoms with Crippen molar-refractivity contribution in [1.29, 1.82) is 0 Å². The van der Waals surface area contributed by atoms with Gasteiger partial charge in [-0.25, -0.2) is 22.3 Å². The molecule has 0 radical (unpaired) electrons. The van der Waals surface area contributed by atoms with Crippen molar-refractivity contribution in [1.82, 2.24) is 14.5 Å². The second-order valence-electron chi connectivity index (χ2n) is 7.20. The fourth-order valence-electron chi connectivity index (χ4n) is 3.34. The number of sulfonamides is 1. The van der Waals surface area contributed by atoms with Gasteiger partial charge in [-0.2, -0.15) is 5.10 Å². The van der Waals surface area contributed by atoms with Crippen molar-refractivity contribution < 1.29 is 27.5 Å². The first-order valence-corrected chi connectivity index (χ1v) is 11.3. The van der Waals surface area contributed by atoms with Crippen molar-refractivity contribution in [2.75, 3.05) is 0 Å². The van der Waals surface area contributed by atoms with Crippen LogP contribution in [0.4, 0.5) is 4.39 Å². The Hall–Kier alpha value is -3.53. The zero-order valence-electron chi connectivity index (χ0n) is 17.5. The molecule has 3 aromatic rings. The molecule has 2 aromatic carbocycles. The van der Waals surface area contributed by atoms with Crippen LogP contribution in [0.3, 0.4) is 0 Å². The van der Waals surface area contributed by atoms with E-state index in [0.717, 1.165) is 13.3 Å². The lowest BCUT2D eigenvalue weighted by atomic mass is 10.0. The summed E-state index contributed by atoms with van der Waals surface area (Å²) in [5.41, 5.74) is 1.40. The zero-order chi connectivity index (χ0) is 23.5. The van der Waals surface area contributed by atoms with E-state index in [1.807, 2.05) is 11.6 Å². The molecular weight excluding hydrogens is 437 g/mol. The Labute approximate surface area is 184 Å². The first-order chi connectivity index (χ1) is 15.1. The van der Waals surface area contributed by atoms with Crippen LogP contribution < -0.4 is 4.72 Å². The Bertz CT molecular complexity index is 1280. The molecule has 0 atom stereocenters. The van der Waals surface area contributed by atoms with Crippen LogP contribution in [0.2, 0.25) is 0 Å². The van der Waals surface area contributed by atoms with Crippen molar-refractivity contribution in [3.63, 3.8) is 0 Å². The van der Waals surface area contributed by atoms with Crippen LogP contribution >= 0.6 is 0 Å². The van der Waals surface area contributed by atoms with Gasteiger partial charge in [0.2, 0.25) is 5.91 Å². The van der Waals surface area contributed by atoms with Gasteiger partial charge in [0.05, 0.1) is 11.4 Å². The number of nitrogens with one attached hydrogen (secondary N) is 1. The second-order valence-corrected chi connectivity index (χ2v) is 8.85. The number of aromatic nitrogens is 2. The number of nitrogens with zero attached hydrogens (tertiary/aromatic N) is 2. The lowest BCUT2D eigenvalue weighted by molar-refractivity contribution is -0.117. The maximum atomic E-state index is 15.0. The average Bonchev–Trinajstić information content (AvgIpc) is 3.12. The molecule has 1 aromatic heterocycles. The minimum atomic E-state index is -4.12. The van der Waals surface area contributed by atoms with Crippen LogP contribution in [0.1, 0.15) is 42.0 Å². The van der Waals surface area contributed by atoms with Crippen LogP contribution in [0, 0.1) is 5.82 Å². The predicted molar refractivity (Wildman–Crippen MR) is 115 cm³/mol. The molecule has 168 valence electrons. The van der Waals surface area contributed by atoms with E-state index < -0.39 is 27.7 Å². The smallest absolute Gasteiger partial charge is 0.356 e. The number of carboxylic acids is 1. The highest BCUT2D eigenvalue weighted by atomic mass is 32.2. The Balaban J connectivity index is 1.98. The van der Waals surface area contributed by atoms with Gasteiger partial charge in [-0.1, -0.05) is 43.7 Å². The summed E-state index contributed by atoms with van der Waals surface area (Å²) in [6.07, 6.45) is 1.36. The summed E-state index contributed by atoms with van der Waals surface area (Å²) < 4.78 is 43.3. The lowest BCUT2D eigenvalue weighted by Gasteiger charge is -2.13. The first-order valence-electron chi connectivity index (χ1n) is 9.83. The molecule has 10 heteroatoms. The van der Waals surface area contributed by atoms with Crippen LogP contribution in [0.15, 0.2) is 53.4 Å². The maximum Gasteiger partial charge on any atom is 0.356 e. The molecule has 32 heavy (non-hydrogen) atoms. The highest BCUT2D eigenvalue weighted by Gasteiger charge is 2.21. The molecule has 8 nitrogen and oxygen atoms in total. The van der Waals surface area contributed by atoms with Gasteiger partial charge in [0, 0.05) is 23.7 Å². The molecule has 1 heterocycles. The van der Waals surface area contributed by atoms with E-state index in [1.54, 1.807) is 12.1 Å². The summed E-state index contributed by atoms with van der Waals surface area (Å²) >= 11 is 0. The fraction of sp³-hybridized carbons (Fsp3) is 0.227. The van der Waals surface area contributed by atoms with Gasteiger partial charge in [-0.15, -0.1) is 0 Å². The number of carbonyl (C=O) groups is 2. The predicted octanol–water partition coefficient (Wildman–Crippen LogP) is 3.21. The van der Waals surface area contributed by atoms with E-state index in [9.17, 15) is 27.5 Å². The maximum absolute atomic E-state index is 15.0. The first kappa shape index (κ1) is 23.1. The topological polar surface area (TPSA) is 118 Å². The van der Waals surface area contributed by atoms with Crippen molar-refractivity contribution in [3.05, 3.63) is 71.3 Å². The van der Waals surface area contributed by atoms with E-state index in [2.05, 4.69) is 5.10 Å². The van der Waals surface area contributed by atoms with Gasteiger partial charge in [-0.05, 0) is 30.2 Å². The monoisotopic (exact) mass is 459 g/mol. The van der Waals surface area contributed by atoms with Crippen molar-refractivity contribution in [3.8, 4) is 11.1 Å². The van der Waals surface area contributed by atoms with E-state index in [4.69, 9.17) is 0 Å². The summed E-state index contributed by atoms with van der Waals surface area (Å²) in [5.74, 6) is -2.48. The normalized spacial score (nSPS) is 11.3. The molecular formula is C22H22FN3O5S. The van der Waals surface area contributed by atoms with Gasteiger partial charge in [0.1, 0.15) is 5.82 Å². The quantitative estimate of drug-likeness (QED) is 0.534. The Kier molecular flexibility index (Phi) is 6.73. The number of halogens is 1. The number of hydrogen-bond acceptors (Lipinski definition) is 5. The van der Waals surface area contributed by atoms with E-state index in [-0.39, 0.29) is 28.3 Å². The minimum absolute atomic E-state index is 0.0283. The van der Waals surface area contributed by atoms with Crippen LogP contribution in [-0.4, -0.2) is 35.2 Å². The number of carbonyl (C=O) groups excluding carboxylic acids is 1. The molecule has 0 saturated heterocycles. The molecule has 1 amide bonds. The van der Waals surface area contributed by atoms with Crippen LogP contribution in [0.5, 0.6) is 0 Å². The van der Waals surface area contributed by atoms with E-state index in [0.29, 0.717) is 17.7 Å². The third kappa shape index (κ3) is 5.02. The molecule has 0 aliphatic carbocycles. The number of hydrogen-bond donors (Lipinski definition) is 2. The zero-order valence-corrected chi connectivity index (χ0v) is 18.3. The van der Waals surface area contributed by atoms with Gasteiger partial charge < -0.3 is 5.11 Å². The molecule has 0 bridgehead atoms. The Morgan fingerprint density at radius 1 is 1.16 bits per heavy atom. The number of benzene rings is 2. The summed E-state index contributed by atoms with van der Waals surface area (Å²) in [7, 11) is -4.12. The molecule has 0 saturated carbocycles. The van der Waals surface area contributed by atoms with E-state index in [1.165, 1.54) is 41.1 Å². The standard InChI is InChI=1S/C22H22FN3O5S/c1-3-6-17-12-20(22(28)29)24-26(17)13-16-10-9-15(11-19(16)23)18-7-4-5-8-21(18)32(30,31)25-14(2)27/h4-5,7-12H,3,6,13H2,1-2H3,(H,25,27)(H,28,29).